The number of hydrogen-bond acceptors (Lipinski definition) is 3. The molecule has 0 spiro atoms. The summed E-state index contributed by atoms with van der Waals surface area (Å²) in [5.41, 5.74) is 0.898. The van der Waals surface area contributed by atoms with Gasteiger partial charge in [0.1, 0.15) is 11.4 Å². The maximum atomic E-state index is 11.9. The number of rotatable bonds is 2. The van der Waals surface area contributed by atoms with Crippen LogP contribution < -0.4 is 5.32 Å². The molecule has 1 heterocycles. The molecule has 0 saturated carbocycles. The number of carbonyl (C=O) groups is 2. The predicted octanol–water partition coefficient (Wildman–Crippen LogP) is 2.83. The number of benzene rings is 1. The van der Waals surface area contributed by atoms with Gasteiger partial charge in [0.05, 0.1) is 8.95 Å². The zero-order valence-electron chi connectivity index (χ0n) is 9.91. The van der Waals surface area contributed by atoms with Crippen LogP contribution in [0.15, 0.2) is 26.8 Å². The van der Waals surface area contributed by atoms with Crippen LogP contribution in [-0.2, 0) is 4.79 Å². The van der Waals surface area contributed by atoms with Gasteiger partial charge in [0.2, 0.25) is 0 Å². The third-order valence-electron chi connectivity index (χ3n) is 2.63. The number of nitrogens with zero attached hydrogens (tertiary/aromatic N) is 1. The molecule has 1 fully saturated rings. The third kappa shape index (κ3) is 2.66. The van der Waals surface area contributed by atoms with Crippen molar-refractivity contribution in [1.29, 1.82) is 0 Å². The second kappa shape index (κ2) is 5.34. The first-order valence-electron chi connectivity index (χ1n) is 5.46. The van der Waals surface area contributed by atoms with E-state index in [0.717, 1.165) is 4.90 Å². The van der Waals surface area contributed by atoms with Gasteiger partial charge in [-0.1, -0.05) is 0 Å². The molecule has 0 atom stereocenters. The Hall–Kier alpha value is -1.34. The fourth-order valence-electron chi connectivity index (χ4n) is 1.69. The molecule has 0 bridgehead atoms. The number of imide groups is 1. The Labute approximate surface area is 126 Å². The number of nitrogens with one attached hydrogen (secondary N) is 1. The molecule has 0 unspecified atom stereocenters. The minimum Gasteiger partial charge on any atom is -0.506 e. The normalized spacial score (nSPS) is 17.2. The van der Waals surface area contributed by atoms with Gasteiger partial charge in [0, 0.05) is 6.54 Å². The molecule has 0 aromatic heterocycles. The lowest BCUT2D eigenvalue weighted by atomic mass is 10.2. The van der Waals surface area contributed by atoms with E-state index in [0.29, 0.717) is 21.1 Å². The molecule has 3 amide bonds. The van der Waals surface area contributed by atoms with E-state index in [2.05, 4.69) is 37.2 Å². The second-order valence-corrected chi connectivity index (χ2v) is 5.58. The number of urea groups is 1. The van der Waals surface area contributed by atoms with Crippen LogP contribution in [-0.4, -0.2) is 28.5 Å². The summed E-state index contributed by atoms with van der Waals surface area (Å²) in [6, 6.07) is 2.89. The van der Waals surface area contributed by atoms with Crippen LogP contribution >= 0.6 is 31.9 Å². The molecule has 7 heteroatoms. The Morgan fingerprint density at radius 1 is 1.32 bits per heavy atom. The van der Waals surface area contributed by atoms with Crippen molar-refractivity contribution in [3.05, 3.63) is 32.3 Å². The smallest absolute Gasteiger partial charge is 0.328 e. The highest BCUT2D eigenvalue weighted by Gasteiger charge is 2.31. The summed E-state index contributed by atoms with van der Waals surface area (Å²) in [6.45, 7) is 2.05. The number of likely N-dealkylation sites (N-methyl/N-ethyl adjacent to an activating group) is 1. The molecule has 100 valence electrons. The lowest BCUT2D eigenvalue weighted by Gasteiger charge is -2.06. The van der Waals surface area contributed by atoms with E-state index in [1.54, 1.807) is 25.1 Å². The predicted molar refractivity (Wildman–Crippen MR) is 77.4 cm³/mol. The summed E-state index contributed by atoms with van der Waals surface area (Å²) < 4.78 is 0.996. The molecular formula is C12H10Br2N2O3. The van der Waals surface area contributed by atoms with Crippen LogP contribution in [0.4, 0.5) is 4.79 Å². The summed E-state index contributed by atoms with van der Waals surface area (Å²) in [6.07, 6.45) is 1.56. The minimum absolute atomic E-state index is 0.0825. The van der Waals surface area contributed by atoms with Gasteiger partial charge in [-0.25, -0.2) is 4.79 Å². The molecule has 1 saturated heterocycles. The van der Waals surface area contributed by atoms with Gasteiger partial charge in [-0.2, -0.15) is 0 Å². The second-order valence-electron chi connectivity index (χ2n) is 3.87. The van der Waals surface area contributed by atoms with Crippen LogP contribution in [0.2, 0.25) is 0 Å². The van der Waals surface area contributed by atoms with Crippen molar-refractivity contribution >= 4 is 49.9 Å². The molecule has 1 aromatic carbocycles. The highest BCUT2D eigenvalue weighted by molar-refractivity contribution is 9.11. The van der Waals surface area contributed by atoms with Gasteiger partial charge in [-0.05, 0) is 62.6 Å². The van der Waals surface area contributed by atoms with Crippen molar-refractivity contribution in [3.8, 4) is 5.75 Å². The van der Waals surface area contributed by atoms with E-state index in [1.165, 1.54) is 0 Å². The molecule has 2 rings (SSSR count). The number of hydrogen-bond donors (Lipinski definition) is 2. The van der Waals surface area contributed by atoms with Crippen LogP contribution in [0.5, 0.6) is 5.75 Å². The highest BCUT2D eigenvalue weighted by Crippen LogP contribution is 2.34. The number of phenols is 1. The molecular weight excluding hydrogens is 380 g/mol. The number of phenolic OH excluding ortho intramolecular Hbond substituents is 1. The summed E-state index contributed by atoms with van der Waals surface area (Å²) in [4.78, 5) is 24.5. The molecule has 1 aromatic rings. The van der Waals surface area contributed by atoms with E-state index < -0.39 is 6.03 Å². The average Bonchev–Trinajstić information content (AvgIpc) is 2.61. The molecule has 2 N–H and O–H groups in total. The van der Waals surface area contributed by atoms with Crippen LogP contribution in [0, 0.1) is 0 Å². The summed E-state index contributed by atoms with van der Waals surface area (Å²) in [7, 11) is 0. The molecule has 19 heavy (non-hydrogen) atoms. The van der Waals surface area contributed by atoms with E-state index in [1.807, 2.05) is 0 Å². The maximum Gasteiger partial charge on any atom is 0.328 e. The molecule has 0 aliphatic carbocycles. The summed E-state index contributed by atoms with van der Waals surface area (Å²) in [5, 5.41) is 12.1. The Kier molecular flexibility index (Phi) is 3.96. The number of halogens is 2. The van der Waals surface area contributed by atoms with Crippen molar-refractivity contribution in [3.63, 3.8) is 0 Å². The van der Waals surface area contributed by atoms with E-state index >= 15 is 0 Å². The van der Waals surface area contributed by atoms with Crippen molar-refractivity contribution < 1.29 is 14.7 Å². The number of amides is 3. The summed E-state index contributed by atoms with van der Waals surface area (Å²) in [5.74, 6) is -0.271. The third-order valence-corrected chi connectivity index (χ3v) is 3.84. The zero-order valence-corrected chi connectivity index (χ0v) is 13.1. The fourth-order valence-corrected chi connectivity index (χ4v) is 2.92. The topological polar surface area (TPSA) is 69.6 Å². The van der Waals surface area contributed by atoms with Gasteiger partial charge in [-0.3, -0.25) is 9.69 Å². The Morgan fingerprint density at radius 3 is 2.37 bits per heavy atom. The Bertz CT molecular complexity index is 576. The first-order chi connectivity index (χ1) is 8.93. The monoisotopic (exact) mass is 388 g/mol. The Morgan fingerprint density at radius 2 is 1.89 bits per heavy atom. The molecule has 1 aliphatic heterocycles. The number of aromatic hydroxyl groups is 1. The van der Waals surface area contributed by atoms with Gasteiger partial charge >= 0.3 is 6.03 Å². The van der Waals surface area contributed by atoms with Crippen LogP contribution in [0.25, 0.3) is 6.08 Å². The standard InChI is InChI=1S/C12H10Br2N2O3/c1-2-16-11(18)9(15-12(16)19)5-6-3-7(13)10(17)8(14)4-6/h3-5,17H,2H2,1H3,(H,15,19)/b9-5+. The van der Waals surface area contributed by atoms with Crippen molar-refractivity contribution in [2.45, 2.75) is 6.92 Å². The Balaban J connectivity index is 2.38. The van der Waals surface area contributed by atoms with Crippen molar-refractivity contribution in [2.24, 2.45) is 0 Å². The largest absolute Gasteiger partial charge is 0.506 e. The average molecular weight is 390 g/mol. The van der Waals surface area contributed by atoms with Gasteiger partial charge < -0.3 is 10.4 Å². The molecule has 5 nitrogen and oxygen atoms in total. The van der Waals surface area contributed by atoms with Crippen LogP contribution in [0.1, 0.15) is 12.5 Å². The fraction of sp³-hybridized carbons (Fsp3) is 0.167. The zero-order chi connectivity index (χ0) is 14.2. The van der Waals surface area contributed by atoms with Crippen molar-refractivity contribution in [2.75, 3.05) is 6.54 Å². The molecule has 1 aliphatic rings. The molecule has 0 radical (unpaired) electrons. The van der Waals surface area contributed by atoms with Crippen LogP contribution in [0.3, 0.4) is 0 Å². The van der Waals surface area contributed by atoms with E-state index in [9.17, 15) is 14.7 Å². The van der Waals surface area contributed by atoms with E-state index in [4.69, 9.17) is 0 Å². The van der Waals surface area contributed by atoms with E-state index in [-0.39, 0.29) is 17.4 Å². The minimum atomic E-state index is -0.421. The van der Waals surface area contributed by atoms with Gasteiger partial charge in [-0.15, -0.1) is 0 Å². The highest BCUT2D eigenvalue weighted by atomic mass is 79.9. The quantitative estimate of drug-likeness (QED) is 0.603. The van der Waals surface area contributed by atoms with Gasteiger partial charge in [0.15, 0.2) is 0 Å². The summed E-state index contributed by atoms with van der Waals surface area (Å²) >= 11 is 6.41. The first kappa shape index (κ1) is 14.1. The first-order valence-corrected chi connectivity index (χ1v) is 7.05. The SMILES string of the molecule is CCN1C(=O)N/C(=C/c2cc(Br)c(O)c(Br)c2)C1=O. The maximum absolute atomic E-state index is 11.9. The van der Waals surface area contributed by atoms with Crippen molar-refractivity contribution in [1.82, 2.24) is 10.2 Å². The van der Waals surface area contributed by atoms with Gasteiger partial charge in [0.25, 0.3) is 5.91 Å². The number of carbonyl (C=O) groups excluding carboxylic acids is 2. The lowest BCUT2D eigenvalue weighted by Crippen LogP contribution is -2.30. The lowest BCUT2D eigenvalue weighted by molar-refractivity contribution is -0.122.